The molecule has 0 spiro atoms. The Bertz CT molecular complexity index is 1240. The molecule has 0 bridgehead atoms. The largest absolute Gasteiger partial charge is 0.342 e. The molecule has 4 heterocycles. The third-order valence-electron chi connectivity index (χ3n) is 5.37. The molecule has 1 aliphatic rings. The first-order valence-corrected chi connectivity index (χ1v) is 11.1. The number of nitrogens with zero attached hydrogens (tertiary/aromatic N) is 4. The van der Waals surface area contributed by atoms with Crippen molar-refractivity contribution >= 4 is 21.1 Å². The smallest absolute Gasteiger partial charge is 0.243 e. The van der Waals surface area contributed by atoms with Crippen molar-refractivity contribution in [3.8, 4) is 11.1 Å². The Morgan fingerprint density at radius 1 is 1.03 bits per heavy atom. The van der Waals surface area contributed by atoms with E-state index in [9.17, 15) is 8.42 Å². The molecule has 148 valence electrons. The Balaban J connectivity index is 1.48. The Kier molecular flexibility index (Phi) is 4.44. The molecule has 0 radical (unpaired) electrons. The summed E-state index contributed by atoms with van der Waals surface area (Å²) in [6, 6.07) is 11.2. The van der Waals surface area contributed by atoms with E-state index < -0.39 is 10.0 Å². The van der Waals surface area contributed by atoms with Crippen LogP contribution in [0.1, 0.15) is 18.5 Å². The fraction of sp³-hybridized carbons (Fsp3) is 0.238. The van der Waals surface area contributed by atoms with Gasteiger partial charge in [-0.1, -0.05) is 12.1 Å². The van der Waals surface area contributed by atoms with Gasteiger partial charge in [0.25, 0.3) is 0 Å². The van der Waals surface area contributed by atoms with Crippen LogP contribution in [0.3, 0.4) is 0 Å². The van der Waals surface area contributed by atoms with Crippen molar-refractivity contribution in [1.29, 1.82) is 0 Å². The summed E-state index contributed by atoms with van der Waals surface area (Å²) in [6.45, 7) is 1.90. The van der Waals surface area contributed by atoms with Gasteiger partial charge in [-0.2, -0.15) is 4.31 Å². The highest BCUT2D eigenvalue weighted by atomic mass is 32.2. The highest BCUT2D eigenvalue weighted by Gasteiger charge is 2.27. The molecule has 29 heavy (non-hydrogen) atoms. The summed E-state index contributed by atoms with van der Waals surface area (Å²) in [6.07, 6.45) is 9.08. The van der Waals surface area contributed by atoms with Crippen LogP contribution in [0, 0.1) is 0 Å². The summed E-state index contributed by atoms with van der Waals surface area (Å²) in [7, 11) is -3.40. The van der Waals surface area contributed by atoms with Gasteiger partial charge in [-0.25, -0.2) is 18.4 Å². The van der Waals surface area contributed by atoms with Crippen LogP contribution in [0.15, 0.2) is 66.2 Å². The molecule has 1 fully saturated rings. The van der Waals surface area contributed by atoms with E-state index in [1.807, 2.05) is 29.0 Å². The Morgan fingerprint density at radius 2 is 1.83 bits per heavy atom. The van der Waals surface area contributed by atoms with Crippen molar-refractivity contribution < 1.29 is 8.42 Å². The van der Waals surface area contributed by atoms with Gasteiger partial charge in [0.05, 0.1) is 17.8 Å². The van der Waals surface area contributed by atoms with Crippen molar-refractivity contribution in [1.82, 2.24) is 23.8 Å². The van der Waals surface area contributed by atoms with E-state index in [1.165, 1.54) is 0 Å². The van der Waals surface area contributed by atoms with Gasteiger partial charge >= 0.3 is 0 Å². The number of hydrogen-bond donors (Lipinski definition) is 1. The number of sulfonamides is 1. The number of rotatable bonds is 5. The minimum absolute atomic E-state index is 0.350. The number of aromatic nitrogens is 4. The monoisotopic (exact) mass is 407 g/mol. The fourth-order valence-corrected chi connectivity index (χ4v) is 5.40. The number of hydrogen-bond acceptors (Lipinski definition) is 4. The number of aromatic amines is 1. The first kappa shape index (κ1) is 18.1. The van der Waals surface area contributed by atoms with Crippen molar-refractivity contribution in [2.45, 2.75) is 24.3 Å². The molecule has 4 aromatic rings. The molecule has 7 nitrogen and oxygen atoms in total. The summed E-state index contributed by atoms with van der Waals surface area (Å²) < 4.78 is 29.1. The number of imidazole rings is 1. The molecule has 1 aliphatic heterocycles. The summed E-state index contributed by atoms with van der Waals surface area (Å²) in [5, 5.41) is 1.01. The van der Waals surface area contributed by atoms with E-state index in [-0.39, 0.29) is 0 Å². The maximum Gasteiger partial charge on any atom is 0.243 e. The second-order valence-corrected chi connectivity index (χ2v) is 9.22. The summed E-state index contributed by atoms with van der Waals surface area (Å²) in [5.41, 5.74) is 3.83. The van der Waals surface area contributed by atoms with Crippen LogP contribution in [0.5, 0.6) is 0 Å². The highest BCUT2D eigenvalue weighted by Crippen LogP contribution is 2.30. The number of benzene rings is 1. The van der Waals surface area contributed by atoms with Crippen LogP contribution in [0.4, 0.5) is 0 Å². The SMILES string of the molecule is O=S(=O)(c1ccc(-c2ccnc3[nH]c(Cn4ccnc4)cc23)cc1)N1CCCC1. The summed E-state index contributed by atoms with van der Waals surface area (Å²) in [4.78, 5) is 12.2. The molecule has 1 N–H and O–H groups in total. The van der Waals surface area contributed by atoms with Crippen molar-refractivity contribution in [2.75, 3.05) is 13.1 Å². The summed E-state index contributed by atoms with van der Waals surface area (Å²) in [5.74, 6) is 0. The lowest BCUT2D eigenvalue weighted by atomic mass is 10.0. The molecule has 5 rings (SSSR count). The van der Waals surface area contributed by atoms with E-state index >= 15 is 0 Å². The van der Waals surface area contributed by atoms with E-state index in [1.54, 1.807) is 35.2 Å². The zero-order valence-electron chi connectivity index (χ0n) is 15.8. The number of fused-ring (bicyclic) bond motifs is 1. The molecule has 3 aromatic heterocycles. The lowest BCUT2D eigenvalue weighted by Gasteiger charge is -2.15. The Morgan fingerprint density at radius 3 is 2.55 bits per heavy atom. The van der Waals surface area contributed by atoms with E-state index in [2.05, 4.69) is 21.0 Å². The predicted octanol–water partition coefficient (Wildman–Crippen LogP) is 3.26. The van der Waals surface area contributed by atoms with Gasteiger partial charge in [-0.15, -0.1) is 0 Å². The predicted molar refractivity (Wildman–Crippen MR) is 111 cm³/mol. The van der Waals surface area contributed by atoms with Gasteiger partial charge in [0, 0.05) is 42.8 Å². The lowest BCUT2D eigenvalue weighted by Crippen LogP contribution is -2.27. The lowest BCUT2D eigenvalue weighted by molar-refractivity contribution is 0.477. The van der Waals surface area contributed by atoms with Crippen LogP contribution >= 0.6 is 0 Å². The quantitative estimate of drug-likeness (QED) is 0.550. The van der Waals surface area contributed by atoms with Crippen LogP contribution < -0.4 is 0 Å². The first-order chi connectivity index (χ1) is 14.1. The van der Waals surface area contributed by atoms with E-state index in [0.717, 1.165) is 40.7 Å². The molecule has 0 amide bonds. The van der Waals surface area contributed by atoms with E-state index in [0.29, 0.717) is 24.5 Å². The number of H-pyrrole nitrogens is 1. The second-order valence-electron chi connectivity index (χ2n) is 7.29. The van der Waals surface area contributed by atoms with Crippen molar-refractivity contribution in [2.24, 2.45) is 0 Å². The molecular weight excluding hydrogens is 386 g/mol. The average molecular weight is 407 g/mol. The van der Waals surface area contributed by atoms with Crippen molar-refractivity contribution in [3.05, 3.63) is 67.0 Å². The van der Waals surface area contributed by atoms with Crippen molar-refractivity contribution in [3.63, 3.8) is 0 Å². The van der Waals surface area contributed by atoms with Crippen LogP contribution in [-0.2, 0) is 16.6 Å². The Labute approximate surface area is 169 Å². The molecule has 0 unspecified atom stereocenters. The maximum atomic E-state index is 12.8. The van der Waals surface area contributed by atoms with Crippen LogP contribution in [-0.4, -0.2) is 45.3 Å². The maximum absolute atomic E-state index is 12.8. The molecule has 0 atom stereocenters. The molecule has 0 aliphatic carbocycles. The highest BCUT2D eigenvalue weighted by molar-refractivity contribution is 7.89. The number of nitrogens with one attached hydrogen (secondary N) is 1. The van der Waals surface area contributed by atoms with Crippen LogP contribution in [0.2, 0.25) is 0 Å². The first-order valence-electron chi connectivity index (χ1n) is 9.64. The topological polar surface area (TPSA) is 83.9 Å². The Hall–Kier alpha value is -2.97. The molecule has 8 heteroatoms. The third kappa shape index (κ3) is 3.34. The average Bonchev–Trinajstić information content (AvgIpc) is 3.49. The zero-order valence-corrected chi connectivity index (χ0v) is 16.6. The standard InChI is InChI=1S/C21H21N5O2S/c27-29(28,26-10-1-2-11-26)18-5-3-16(4-6-18)19-7-8-23-21-20(19)13-17(24-21)14-25-12-9-22-15-25/h3-9,12-13,15H,1-2,10-11,14H2,(H,23,24). The molecular formula is C21H21N5O2S. The minimum Gasteiger partial charge on any atom is -0.342 e. The second kappa shape index (κ2) is 7.13. The zero-order chi connectivity index (χ0) is 19.8. The normalized spacial score (nSPS) is 15.3. The molecule has 0 saturated carbocycles. The summed E-state index contributed by atoms with van der Waals surface area (Å²) >= 11 is 0. The fourth-order valence-electron chi connectivity index (χ4n) is 3.88. The van der Waals surface area contributed by atoms with Gasteiger partial charge in [0.15, 0.2) is 0 Å². The third-order valence-corrected chi connectivity index (χ3v) is 7.28. The van der Waals surface area contributed by atoms with Gasteiger partial charge in [0.1, 0.15) is 5.65 Å². The van der Waals surface area contributed by atoms with E-state index in [4.69, 9.17) is 0 Å². The van der Waals surface area contributed by atoms with Gasteiger partial charge < -0.3 is 9.55 Å². The van der Waals surface area contributed by atoms with Gasteiger partial charge in [0.2, 0.25) is 10.0 Å². The molecule has 1 aromatic carbocycles. The molecule has 1 saturated heterocycles. The number of pyridine rings is 1. The van der Waals surface area contributed by atoms with Crippen LogP contribution in [0.25, 0.3) is 22.2 Å². The van der Waals surface area contributed by atoms with Gasteiger partial charge in [-0.3, -0.25) is 0 Å². The van der Waals surface area contributed by atoms with Gasteiger partial charge in [-0.05, 0) is 48.2 Å². The minimum atomic E-state index is -3.40.